The van der Waals surface area contributed by atoms with E-state index in [1.807, 2.05) is 32.0 Å². The van der Waals surface area contributed by atoms with Crippen molar-refractivity contribution in [3.05, 3.63) is 87.9 Å². The number of urea groups is 1. The Balaban J connectivity index is 1.47. The lowest BCUT2D eigenvalue weighted by Gasteiger charge is -2.35. The van der Waals surface area contributed by atoms with Gasteiger partial charge in [-0.3, -0.25) is 4.79 Å². The molecule has 3 aromatic rings. The molecule has 0 bridgehead atoms. The molecule has 1 fully saturated rings. The molecular weight excluding hydrogens is 507 g/mol. The van der Waals surface area contributed by atoms with Crippen molar-refractivity contribution >= 4 is 52.2 Å². The Kier molecular flexibility index (Phi) is 8.95. The third-order valence-electron chi connectivity index (χ3n) is 6.44. The average molecular weight is 540 g/mol. The first-order valence-corrected chi connectivity index (χ1v) is 13.3. The van der Waals surface area contributed by atoms with Gasteiger partial charge in [0.15, 0.2) is 0 Å². The topological polar surface area (TPSA) is 73.5 Å². The lowest BCUT2D eigenvalue weighted by Crippen LogP contribution is -2.37. The molecule has 3 aromatic carbocycles. The molecule has 194 valence electrons. The standard InChI is InChI=1S/C29H32Cl2N4O2/c1-19(2)32-28(36)23-18-22(33-29(37)34-25-10-6-9-24(30)27(25)31)11-12-26(23)35-15-13-21(14-16-35)17-20-7-4-3-5-8-20/h3-12,18-19,21H,13-17H2,1-2H3,(H,32,36)(H2,33,34,37). The number of benzene rings is 3. The largest absolute Gasteiger partial charge is 0.371 e. The van der Waals surface area contributed by atoms with E-state index in [2.05, 4.69) is 45.1 Å². The van der Waals surface area contributed by atoms with Gasteiger partial charge in [0.1, 0.15) is 0 Å². The maximum absolute atomic E-state index is 13.1. The Morgan fingerprint density at radius 2 is 1.68 bits per heavy atom. The van der Waals surface area contributed by atoms with Crippen LogP contribution in [-0.4, -0.2) is 31.1 Å². The van der Waals surface area contributed by atoms with Crippen LogP contribution in [0, 0.1) is 5.92 Å². The zero-order chi connectivity index (χ0) is 26.4. The molecule has 6 nitrogen and oxygen atoms in total. The van der Waals surface area contributed by atoms with E-state index in [1.54, 1.807) is 24.3 Å². The molecule has 0 aromatic heterocycles. The second-order valence-electron chi connectivity index (χ2n) is 9.66. The normalized spacial score (nSPS) is 13.9. The van der Waals surface area contributed by atoms with Gasteiger partial charge in [-0.05, 0) is 74.9 Å². The molecule has 0 unspecified atom stereocenters. The Morgan fingerprint density at radius 3 is 2.38 bits per heavy atom. The third kappa shape index (κ3) is 7.18. The van der Waals surface area contributed by atoms with E-state index in [1.165, 1.54) is 5.56 Å². The van der Waals surface area contributed by atoms with Crippen molar-refractivity contribution in [2.24, 2.45) is 5.92 Å². The maximum Gasteiger partial charge on any atom is 0.323 e. The van der Waals surface area contributed by atoms with E-state index < -0.39 is 6.03 Å². The molecule has 37 heavy (non-hydrogen) atoms. The first-order valence-electron chi connectivity index (χ1n) is 12.6. The highest BCUT2D eigenvalue weighted by atomic mass is 35.5. The number of nitrogens with zero attached hydrogens (tertiary/aromatic N) is 1. The number of amides is 3. The fraction of sp³-hybridized carbons (Fsp3) is 0.310. The van der Waals surface area contributed by atoms with Gasteiger partial charge < -0.3 is 20.9 Å². The van der Waals surface area contributed by atoms with E-state index >= 15 is 0 Å². The highest BCUT2D eigenvalue weighted by molar-refractivity contribution is 6.44. The van der Waals surface area contributed by atoms with Crippen molar-refractivity contribution in [3.63, 3.8) is 0 Å². The van der Waals surface area contributed by atoms with E-state index in [0.717, 1.165) is 38.0 Å². The van der Waals surface area contributed by atoms with Crippen molar-refractivity contribution < 1.29 is 9.59 Å². The lowest BCUT2D eigenvalue weighted by atomic mass is 9.89. The van der Waals surface area contributed by atoms with Gasteiger partial charge in [0.2, 0.25) is 0 Å². The van der Waals surface area contributed by atoms with Gasteiger partial charge in [-0.15, -0.1) is 0 Å². The lowest BCUT2D eigenvalue weighted by molar-refractivity contribution is 0.0943. The van der Waals surface area contributed by atoms with Crippen molar-refractivity contribution in [2.75, 3.05) is 28.6 Å². The summed E-state index contributed by atoms with van der Waals surface area (Å²) in [7, 11) is 0. The van der Waals surface area contributed by atoms with E-state index in [-0.39, 0.29) is 17.0 Å². The fourth-order valence-electron chi connectivity index (χ4n) is 4.62. The molecule has 4 rings (SSSR count). The second kappa shape index (κ2) is 12.3. The molecule has 3 N–H and O–H groups in total. The highest BCUT2D eigenvalue weighted by Crippen LogP contribution is 2.31. The van der Waals surface area contributed by atoms with E-state index in [9.17, 15) is 9.59 Å². The summed E-state index contributed by atoms with van der Waals surface area (Å²) in [5.74, 6) is 0.452. The minimum absolute atomic E-state index is 0.0122. The Hall–Kier alpha value is -3.22. The van der Waals surface area contributed by atoms with Crippen molar-refractivity contribution in [2.45, 2.75) is 39.2 Å². The summed E-state index contributed by atoms with van der Waals surface area (Å²) in [6.45, 7) is 5.60. The summed E-state index contributed by atoms with van der Waals surface area (Å²) >= 11 is 12.2. The van der Waals surface area contributed by atoms with Crippen molar-refractivity contribution in [1.29, 1.82) is 0 Å². The number of hydrogen-bond acceptors (Lipinski definition) is 3. The van der Waals surface area contributed by atoms with Crippen LogP contribution < -0.4 is 20.9 Å². The summed E-state index contributed by atoms with van der Waals surface area (Å²) in [4.78, 5) is 28.0. The van der Waals surface area contributed by atoms with Gasteiger partial charge in [0.05, 0.1) is 21.3 Å². The summed E-state index contributed by atoms with van der Waals surface area (Å²) in [6, 6.07) is 20.6. The molecule has 3 amide bonds. The molecule has 1 aliphatic rings. The van der Waals surface area contributed by atoms with Crippen LogP contribution in [0.15, 0.2) is 66.7 Å². The Morgan fingerprint density at radius 1 is 0.946 bits per heavy atom. The van der Waals surface area contributed by atoms with Crippen LogP contribution in [0.2, 0.25) is 10.0 Å². The minimum atomic E-state index is -0.478. The predicted molar refractivity (Wildman–Crippen MR) is 153 cm³/mol. The average Bonchev–Trinajstić information content (AvgIpc) is 2.87. The SMILES string of the molecule is CC(C)NC(=O)c1cc(NC(=O)Nc2cccc(Cl)c2Cl)ccc1N1CCC(Cc2ccccc2)CC1. The Labute approximate surface area is 228 Å². The van der Waals surface area contributed by atoms with Crippen LogP contribution >= 0.6 is 23.2 Å². The van der Waals surface area contributed by atoms with Crippen molar-refractivity contribution in [1.82, 2.24) is 5.32 Å². The number of halogens is 2. The molecule has 1 heterocycles. The van der Waals surface area contributed by atoms with Crippen LogP contribution in [0.1, 0.15) is 42.6 Å². The molecule has 0 atom stereocenters. The minimum Gasteiger partial charge on any atom is -0.371 e. The fourth-order valence-corrected chi connectivity index (χ4v) is 4.97. The molecule has 0 saturated carbocycles. The van der Waals surface area contributed by atoms with Gasteiger partial charge >= 0.3 is 6.03 Å². The molecule has 0 aliphatic carbocycles. The number of anilines is 3. The predicted octanol–water partition coefficient (Wildman–Crippen LogP) is 7.23. The van der Waals surface area contributed by atoms with Crippen LogP contribution in [0.4, 0.5) is 21.9 Å². The van der Waals surface area contributed by atoms with E-state index in [4.69, 9.17) is 23.2 Å². The zero-order valence-corrected chi connectivity index (χ0v) is 22.6. The van der Waals surface area contributed by atoms with Gasteiger partial charge in [-0.2, -0.15) is 0 Å². The number of piperidine rings is 1. The van der Waals surface area contributed by atoms with Gasteiger partial charge in [-0.25, -0.2) is 4.79 Å². The summed E-state index contributed by atoms with van der Waals surface area (Å²) in [5, 5.41) is 9.11. The third-order valence-corrected chi connectivity index (χ3v) is 7.26. The number of nitrogens with one attached hydrogen (secondary N) is 3. The van der Waals surface area contributed by atoms with Crippen LogP contribution in [0.3, 0.4) is 0 Å². The summed E-state index contributed by atoms with van der Waals surface area (Å²) in [6.07, 6.45) is 3.19. The first-order chi connectivity index (χ1) is 17.8. The van der Waals surface area contributed by atoms with E-state index in [0.29, 0.717) is 27.9 Å². The van der Waals surface area contributed by atoms with Crippen LogP contribution in [-0.2, 0) is 6.42 Å². The maximum atomic E-state index is 13.1. The molecule has 8 heteroatoms. The monoisotopic (exact) mass is 538 g/mol. The quantitative estimate of drug-likeness (QED) is 0.297. The zero-order valence-electron chi connectivity index (χ0n) is 21.1. The summed E-state index contributed by atoms with van der Waals surface area (Å²) in [5.41, 5.74) is 3.69. The Bertz CT molecular complexity index is 1240. The van der Waals surface area contributed by atoms with Crippen LogP contribution in [0.25, 0.3) is 0 Å². The van der Waals surface area contributed by atoms with Crippen molar-refractivity contribution in [3.8, 4) is 0 Å². The molecular formula is C29H32Cl2N4O2. The number of carbonyl (C=O) groups excluding carboxylic acids is 2. The van der Waals surface area contributed by atoms with Gasteiger partial charge in [0, 0.05) is 30.5 Å². The second-order valence-corrected chi connectivity index (χ2v) is 10.4. The highest BCUT2D eigenvalue weighted by Gasteiger charge is 2.24. The molecule has 1 saturated heterocycles. The first kappa shape index (κ1) is 26.8. The molecule has 0 radical (unpaired) electrons. The number of hydrogen-bond donors (Lipinski definition) is 3. The number of carbonyl (C=O) groups is 2. The summed E-state index contributed by atoms with van der Waals surface area (Å²) < 4.78 is 0. The van der Waals surface area contributed by atoms with Gasteiger partial charge in [-0.1, -0.05) is 59.6 Å². The number of rotatable bonds is 7. The molecule has 1 aliphatic heterocycles. The molecule has 0 spiro atoms. The smallest absolute Gasteiger partial charge is 0.323 e. The van der Waals surface area contributed by atoms with Gasteiger partial charge in [0.25, 0.3) is 5.91 Å². The van der Waals surface area contributed by atoms with Crippen LogP contribution in [0.5, 0.6) is 0 Å².